The third kappa shape index (κ3) is 2.90. The number of aryl methyl sites for hydroxylation is 1. The van der Waals surface area contributed by atoms with Crippen LogP contribution < -0.4 is 5.32 Å². The fourth-order valence-electron chi connectivity index (χ4n) is 2.90. The molecule has 4 aromatic rings. The molecule has 4 rings (SSSR count). The summed E-state index contributed by atoms with van der Waals surface area (Å²) in [6.45, 7) is 1.93. The molecule has 0 unspecified atom stereocenters. The van der Waals surface area contributed by atoms with Crippen LogP contribution >= 0.6 is 0 Å². The molecule has 0 fully saturated rings. The van der Waals surface area contributed by atoms with Crippen LogP contribution in [-0.2, 0) is 0 Å². The molecule has 1 amide bonds. The lowest BCUT2D eigenvalue weighted by atomic mass is 10.1. The van der Waals surface area contributed by atoms with Crippen LogP contribution in [0.3, 0.4) is 0 Å². The molecule has 0 radical (unpaired) electrons. The number of para-hydroxylation sites is 1. The zero-order valence-corrected chi connectivity index (χ0v) is 13.8. The smallest absolute Gasteiger partial charge is 0.255 e. The summed E-state index contributed by atoms with van der Waals surface area (Å²) in [6.07, 6.45) is 3.93. The molecule has 0 atom stereocenters. The third-order valence-electron chi connectivity index (χ3n) is 4.20. The van der Waals surface area contributed by atoms with Crippen LogP contribution in [0.1, 0.15) is 15.9 Å². The number of aromatic nitrogens is 2. The maximum atomic E-state index is 12.7. The molecule has 4 nitrogen and oxygen atoms in total. The SMILES string of the molecule is Cc1ccccc1C(=O)Nc1ccccc1-c1cn2ccccc2n1. The van der Waals surface area contributed by atoms with Gasteiger partial charge in [-0.1, -0.05) is 42.5 Å². The van der Waals surface area contributed by atoms with E-state index in [1.807, 2.05) is 90.4 Å². The van der Waals surface area contributed by atoms with Gasteiger partial charge in [0.2, 0.25) is 0 Å². The Morgan fingerprint density at radius 3 is 2.56 bits per heavy atom. The number of imidazole rings is 1. The number of amides is 1. The van der Waals surface area contributed by atoms with Crippen LogP contribution in [0.2, 0.25) is 0 Å². The molecular formula is C21H17N3O. The first-order valence-electron chi connectivity index (χ1n) is 8.12. The Hall–Kier alpha value is -3.40. The van der Waals surface area contributed by atoms with E-state index in [9.17, 15) is 4.79 Å². The van der Waals surface area contributed by atoms with Crippen molar-refractivity contribution in [2.24, 2.45) is 0 Å². The summed E-state index contributed by atoms with van der Waals surface area (Å²) >= 11 is 0. The number of fused-ring (bicyclic) bond motifs is 1. The van der Waals surface area contributed by atoms with Crippen molar-refractivity contribution >= 4 is 17.2 Å². The van der Waals surface area contributed by atoms with Crippen molar-refractivity contribution in [1.82, 2.24) is 9.38 Å². The second kappa shape index (κ2) is 6.24. The fourth-order valence-corrected chi connectivity index (χ4v) is 2.90. The van der Waals surface area contributed by atoms with Crippen LogP contribution in [0.5, 0.6) is 0 Å². The normalized spacial score (nSPS) is 10.8. The third-order valence-corrected chi connectivity index (χ3v) is 4.20. The number of pyridine rings is 1. The monoisotopic (exact) mass is 327 g/mol. The number of benzene rings is 2. The van der Waals surface area contributed by atoms with E-state index in [1.165, 1.54) is 0 Å². The van der Waals surface area contributed by atoms with Gasteiger partial charge in [0.1, 0.15) is 5.65 Å². The Labute approximate surface area is 145 Å². The van der Waals surface area contributed by atoms with E-state index in [1.54, 1.807) is 0 Å². The average Bonchev–Trinajstić information content (AvgIpc) is 3.06. The van der Waals surface area contributed by atoms with Gasteiger partial charge in [0, 0.05) is 23.5 Å². The van der Waals surface area contributed by atoms with Crippen molar-refractivity contribution in [3.8, 4) is 11.3 Å². The lowest BCUT2D eigenvalue weighted by Gasteiger charge is -2.11. The van der Waals surface area contributed by atoms with Gasteiger partial charge >= 0.3 is 0 Å². The van der Waals surface area contributed by atoms with Gasteiger partial charge in [-0.2, -0.15) is 0 Å². The van der Waals surface area contributed by atoms with Crippen LogP contribution in [0.4, 0.5) is 5.69 Å². The predicted octanol–water partition coefficient (Wildman–Crippen LogP) is 4.56. The number of nitrogens with one attached hydrogen (secondary N) is 1. The van der Waals surface area contributed by atoms with Gasteiger partial charge in [-0.05, 0) is 36.8 Å². The fraction of sp³-hybridized carbons (Fsp3) is 0.0476. The summed E-state index contributed by atoms with van der Waals surface area (Å²) in [6, 6.07) is 21.2. The Morgan fingerprint density at radius 1 is 0.960 bits per heavy atom. The molecule has 2 heterocycles. The average molecular weight is 327 g/mol. The van der Waals surface area contributed by atoms with Crippen molar-refractivity contribution in [3.05, 3.63) is 90.3 Å². The molecule has 25 heavy (non-hydrogen) atoms. The largest absolute Gasteiger partial charge is 0.321 e. The van der Waals surface area contributed by atoms with E-state index in [-0.39, 0.29) is 5.91 Å². The number of rotatable bonds is 3. The first-order chi connectivity index (χ1) is 12.2. The summed E-state index contributed by atoms with van der Waals surface area (Å²) in [5.74, 6) is -0.116. The summed E-state index contributed by atoms with van der Waals surface area (Å²) in [5, 5.41) is 3.02. The predicted molar refractivity (Wildman–Crippen MR) is 99.8 cm³/mol. The molecule has 1 N–H and O–H groups in total. The first kappa shape index (κ1) is 15.1. The van der Waals surface area contributed by atoms with E-state index in [0.29, 0.717) is 5.56 Å². The van der Waals surface area contributed by atoms with Crippen LogP contribution in [0.25, 0.3) is 16.9 Å². The highest BCUT2D eigenvalue weighted by Crippen LogP contribution is 2.28. The van der Waals surface area contributed by atoms with E-state index in [4.69, 9.17) is 0 Å². The Kier molecular flexibility index (Phi) is 3.78. The Bertz CT molecular complexity index is 1030. The molecule has 122 valence electrons. The zero-order valence-electron chi connectivity index (χ0n) is 13.8. The van der Waals surface area contributed by atoms with Crippen molar-refractivity contribution < 1.29 is 4.79 Å². The van der Waals surface area contributed by atoms with Gasteiger partial charge in [0.05, 0.1) is 11.4 Å². The second-order valence-electron chi connectivity index (χ2n) is 5.91. The molecule has 0 saturated heterocycles. The van der Waals surface area contributed by atoms with E-state index in [2.05, 4.69) is 10.3 Å². The molecule has 2 aromatic heterocycles. The van der Waals surface area contributed by atoms with Crippen molar-refractivity contribution in [1.29, 1.82) is 0 Å². The molecule has 0 aliphatic carbocycles. The van der Waals surface area contributed by atoms with Crippen LogP contribution in [-0.4, -0.2) is 15.3 Å². The highest BCUT2D eigenvalue weighted by molar-refractivity contribution is 6.07. The van der Waals surface area contributed by atoms with Crippen LogP contribution in [0.15, 0.2) is 79.1 Å². The minimum Gasteiger partial charge on any atom is -0.321 e. The lowest BCUT2D eigenvalue weighted by molar-refractivity contribution is 0.102. The second-order valence-corrected chi connectivity index (χ2v) is 5.91. The van der Waals surface area contributed by atoms with Gasteiger partial charge in [0.25, 0.3) is 5.91 Å². The number of anilines is 1. The number of hydrogen-bond acceptors (Lipinski definition) is 2. The number of carbonyl (C=O) groups is 1. The standard InChI is InChI=1S/C21H17N3O/c1-15-8-2-3-9-16(15)21(25)23-18-11-5-4-10-17(18)19-14-24-13-7-6-12-20(24)22-19/h2-14H,1H3,(H,23,25). The van der Waals surface area contributed by atoms with E-state index >= 15 is 0 Å². The highest BCUT2D eigenvalue weighted by Gasteiger charge is 2.13. The maximum Gasteiger partial charge on any atom is 0.255 e. The van der Waals surface area contributed by atoms with Crippen molar-refractivity contribution in [3.63, 3.8) is 0 Å². The molecule has 0 aliphatic heterocycles. The van der Waals surface area contributed by atoms with Gasteiger partial charge in [0.15, 0.2) is 0 Å². The molecule has 0 spiro atoms. The van der Waals surface area contributed by atoms with Crippen LogP contribution in [0, 0.1) is 6.92 Å². The zero-order chi connectivity index (χ0) is 17.2. The lowest BCUT2D eigenvalue weighted by Crippen LogP contribution is -2.13. The summed E-state index contributed by atoms with van der Waals surface area (Å²) in [7, 11) is 0. The summed E-state index contributed by atoms with van der Waals surface area (Å²) in [5.41, 5.74) is 4.97. The van der Waals surface area contributed by atoms with E-state index < -0.39 is 0 Å². The molecule has 2 aromatic carbocycles. The molecular weight excluding hydrogens is 310 g/mol. The van der Waals surface area contributed by atoms with Crippen molar-refractivity contribution in [2.45, 2.75) is 6.92 Å². The quantitative estimate of drug-likeness (QED) is 0.599. The Balaban J connectivity index is 1.72. The molecule has 0 bridgehead atoms. The minimum atomic E-state index is -0.116. The Morgan fingerprint density at radius 2 is 1.72 bits per heavy atom. The summed E-state index contributed by atoms with van der Waals surface area (Å²) in [4.78, 5) is 17.3. The number of nitrogens with zero attached hydrogens (tertiary/aromatic N) is 2. The van der Waals surface area contributed by atoms with Crippen molar-refractivity contribution in [2.75, 3.05) is 5.32 Å². The molecule has 0 saturated carbocycles. The first-order valence-corrected chi connectivity index (χ1v) is 8.12. The topological polar surface area (TPSA) is 46.4 Å². The summed E-state index contributed by atoms with van der Waals surface area (Å²) < 4.78 is 1.97. The molecule has 0 aliphatic rings. The minimum absolute atomic E-state index is 0.116. The van der Waals surface area contributed by atoms with E-state index in [0.717, 1.165) is 28.2 Å². The van der Waals surface area contributed by atoms with Gasteiger partial charge in [-0.25, -0.2) is 4.98 Å². The number of carbonyl (C=O) groups excluding carboxylic acids is 1. The van der Waals surface area contributed by atoms with Gasteiger partial charge in [-0.15, -0.1) is 0 Å². The highest BCUT2D eigenvalue weighted by atomic mass is 16.1. The maximum absolute atomic E-state index is 12.7. The number of hydrogen-bond donors (Lipinski definition) is 1. The van der Waals surface area contributed by atoms with Gasteiger partial charge < -0.3 is 9.72 Å². The van der Waals surface area contributed by atoms with Gasteiger partial charge in [-0.3, -0.25) is 4.79 Å². The molecule has 4 heteroatoms.